The Morgan fingerprint density at radius 1 is 1.36 bits per heavy atom. The van der Waals surface area contributed by atoms with Crippen molar-refractivity contribution in [2.75, 3.05) is 32.0 Å². The van der Waals surface area contributed by atoms with E-state index in [1.807, 2.05) is 19.9 Å². The van der Waals surface area contributed by atoms with E-state index in [1.165, 1.54) is 12.8 Å². The highest BCUT2D eigenvalue weighted by Gasteiger charge is 2.19. The number of anilines is 1. The number of nitrogens with zero attached hydrogens (tertiary/aromatic N) is 1. The predicted molar refractivity (Wildman–Crippen MR) is 101 cm³/mol. The molecule has 0 saturated carbocycles. The van der Waals surface area contributed by atoms with Gasteiger partial charge in [-0.2, -0.15) is 0 Å². The van der Waals surface area contributed by atoms with E-state index >= 15 is 0 Å². The molecule has 138 valence electrons. The summed E-state index contributed by atoms with van der Waals surface area (Å²) in [5.74, 6) is 0.556. The lowest BCUT2D eigenvalue weighted by Crippen LogP contribution is -2.46. The first-order valence-electron chi connectivity index (χ1n) is 9.01. The maximum absolute atomic E-state index is 12.3. The van der Waals surface area contributed by atoms with E-state index in [0.717, 1.165) is 31.1 Å². The van der Waals surface area contributed by atoms with Gasteiger partial charge in [0.15, 0.2) is 0 Å². The van der Waals surface area contributed by atoms with Crippen LogP contribution in [0, 0.1) is 12.8 Å². The molecule has 2 rings (SSSR count). The van der Waals surface area contributed by atoms with E-state index in [0.29, 0.717) is 11.3 Å². The molecule has 1 aliphatic heterocycles. The molecule has 6 nitrogen and oxygen atoms in total. The summed E-state index contributed by atoms with van der Waals surface area (Å²) in [7, 11) is 1.59. The zero-order valence-electron chi connectivity index (χ0n) is 15.7. The Kier molecular flexibility index (Phi) is 6.82. The molecule has 1 aromatic rings. The normalized spacial score (nSPS) is 19.1. The van der Waals surface area contributed by atoms with E-state index in [4.69, 9.17) is 0 Å². The monoisotopic (exact) mass is 346 g/mol. The Hall–Kier alpha value is -2.08. The smallest absolute Gasteiger partial charge is 0.319 e. The minimum atomic E-state index is -0.241. The van der Waals surface area contributed by atoms with Crippen LogP contribution in [-0.4, -0.2) is 49.6 Å². The van der Waals surface area contributed by atoms with E-state index in [1.54, 1.807) is 19.2 Å². The van der Waals surface area contributed by atoms with Gasteiger partial charge in [-0.15, -0.1) is 0 Å². The number of rotatable bonds is 5. The highest BCUT2D eigenvalue weighted by Crippen LogP contribution is 2.17. The number of urea groups is 1. The zero-order valence-corrected chi connectivity index (χ0v) is 15.7. The average molecular weight is 346 g/mol. The lowest BCUT2D eigenvalue weighted by molar-refractivity contribution is 0.0963. The molecular weight excluding hydrogens is 316 g/mol. The molecule has 0 aliphatic carbocycles. The van der Waals surface area contributed by atoms with Crippen molar-refractivity contribution in [3.05, 3.63) is 29.3 Å². The molecule has 6 heteroatoms. The predicted octanol–water partition coefficient (Wildman–Crippen LogP) is 2.60. The molecule has 0 unspecified atom stereocenters. The van der Waals surface area contributed by atoms with Crippen molar-refractivity contribution in [2.45, 2.75) is 39.7 Å². The van der Waals surface area contributed by atoms with Crippen molar-refractivity contribution in [1.29, 1.82) is 0 Å². The zero-order chi connectivity index (χ0) is 18.4. The second kappa shape index (κ2) is 8.85. The Bertz CT molecular complexity index is 617. The number of aryl methyl sites for hydroxylation is 1. The quantitative estimate of drug-likeness (QED) is 0.767. The fourth-order valence-corrected chi connectivity index (χ4v) is 3.31. The van der Waals surface area contributed by atoms with Crippen LogP contribution in [0.3, 0.4) is 0 Å². The van der Waals surface area contributed by atoms with Crippen molar-refractivity contribution in [1.82, 2.24) is 15.5 Å². The first kappa shape index (κ1) is 19.2. The molecule has 25 heavy (non-hydrogen) atoms. The van der Waals surface area contributed by atoms with Crippen molar-refractivity contribution >= 4 is 17.6 Å². The summed E-state index contributed by atoms with van der Waals surface area (Å²) in [6.07, 6.45) is 2.52. The number of benzene rings is 1. The van der Waals surface area contributed by atoms with E-state index in [9.17, 15) is 9.59 Å². The number of carbonyl (C=O) groups excluding carboxylic acids is 2. The summed E-state index contributed by atoms with van der Waals surface area (Å²) >= 11 is 0. The summed E-state index contributed by atoms with van der Waals surface area (Å²) < 4.78 is 0. The summed E-state index contributed by atoms with van der Waals surface area (Å²) in [5.41, 5.74) is 2.09. The van der Waals surface area contributed by atoms with Crippen molar-refractivity contribution in [3.63, 3.8) is 0 Å². The molecule has 2 atom stereocenters. The van der Waals surface area contributed by atoms with Crippen LogP contribution >= 0.6 is 0 Å². The number of likely N-dealkylation sites (tertiary alicyclic amines) is 1. The summed E-state index contributed by atoms with van der Waals surface area (Å²) in [4.78, 5) is 26.4. The Morgan fingerprint density at radius 3 is 2.80 bits per heavy atom. The van der Waals surface area contributed by atoms with E-state index < -0.39 is 0 Å². The number of amides is 3. The van der Waals surface area contributed by atoms with Gasteiger partial charge in [0, 0.05) is 37.4 Å². The molecule has 3 N–H and O–H groups in total. The minimum Gasteiger partial charge on any atom is -0.355 e. The van der Waals surface area contributed by atoms with Gasteiger partial charge in [-0.05, 0) is 56.8 Å². The van der Waals surface area contributed by atoms with Gasteiger partial charge in [0.1, 0.15) is 0 Å². The lowest BCUT2D eigenvalue weighted by Gasteiger charge is -2.32. The molecule has 1 fully saturated rings. The molecule has 3 amide bonds. The summed E-state index contributed by atoms with van der Waals surface area (Å²) in [5, 5.41) is 8.44. The molecule has 0 aromatic heterocycles. The van der Waals surface area contributed by atoms with Gasteiger partial charge >= 0.3 is 6.03 Å². The number of hydrogen-bond donors (Lipinski definition) is 3. The molecule has 1 aromatic carbocycles. The lowest BCUT2D eigenvalue weighted by atomic mass is 10.00. The first-order chi connectivity index (χ1) is 11.9. The SMILES string of the molecule is CNC(=O)c1ccc(C)c(NC(=O)N[C@@H](C)CN2CCC[C@@H](C)C2)c1. The van der Waals surface area contributed by atoms with Gasteiger partial charge in [0.05, 0.1) is 0 Å². The Morgan fingerprint density at radius 2 is 2.12 bits per heavy atom. The average Bonchev–Trinajstić information content (AvgIpc) is 2.55. The van der Waals surface area contributed by atoms with Crippen LogP contribution in [0.5, 0.6) is 0 Å². The topological polar surface area (TPSA) is 73.5 Å². The highest BCUT2D eigenvalue weighted by molar-refractivity contribution is 5.97. The number of carbonyl (C=O) groups is 2. The third kappa shape index (κ3) is 5.74. The highest BCUT2D eigenvalue weighted by atomic mass is 16.2. The van der Waals surface area contributed by atoms with Crippen molar-refractivity contribution in [2.24, 2.45) is 5.92 Å². The molecule has 1 saturated heterocycles. The van der Waals surface area contributed by atoms with Crippen LogP contribution in [0.25, 0.3) is 0 Å². The molecular formula is C19H30N4O2. The Labute approximate surface area is 150 Å². The van der Waals surface area contributed by atoms with Gasteiger partial charge < -0.3 is 20.9 Å². The second-order valence-corrected chi connectivity index (χ2v) is 7.12. The number of piperidine rings is 1. The van der Waals surface area contributed by atoms with Gasteiger partial charge in [-0.1, -0.05) is 13.0 Å². The first-order valence-corrected chi connectivity index (χ1v) is 9.01. The third-order valence-electron chi connectivity index (χ3n) is 4.63. The largest absolute Gasteiger partial charge is 0.355 e. The van der Waals surface area contributed by atoms with Crippen molar-refractivity contribution < 1.29 is 9.59 Å². The van der Waals surface area contributed by atoms with Crippen LogP contribution in [0.1, 0.15) is 42.6 Å². The fraction of sp³-hybridized carbons (Fsp3) is 0.579. The van der Waals surface area contributed by atoms with Gasteiger partial charge in [0.25, 0.3) is 5.91 Å². The number of hydrogen-bond acceptors (Lipinski definition) is 3. The van der Waals surface area contributed by atoms with Crippen LogP contribution < -0.4 is 16.0 Å². The molecule has 0 radical (unpaired) electrons. The van der Waals surface area contributed by atoms with Crippen LogP contribution in [0.2, 0.25) is 0 Å². The second-order valence-electron chi connectivity index (χ2n) is 7.12. The number of nitrogens with one attached hydrogen (secondary N) is 3. The van der Waals surface area contributed by atoms with Crippen LogP contribution in [0.4, 0.5) is 10.5 Å². The standard InChI is InChI=1S/C19H30N4O2/c1-13-6-5-9-23(11-13)12-15(3)21-19(25)22-17-10-16(18(24)20-4)8-7-14(17)2/h7-8,10,13,15H,5-6,9,11-12H2,1-4H3,(H,20,24)(H2,21,22,25)/t13-,15+/m1/s1. The van der Waals surface area contributed by atoms with Gasteiger partial charge in [0.2, 0.25) is 0 Å². The van der Waals surface area contributed by atoms with E-state index in [-0.39, 0.29) is 18.0 Å². The summed E-state index contributed by atoms with van der Waals surface area (Å²) in [6.45, 7) is 9.26. The maximum Gasteiger partial charge on any atom is 0.319 e. The Balaban J connectivity index is 1.90. The van der Waals surface area contributed by atoms with Crippen molar-refractivity contribution in [3.8, 4) is 0 Å². The molecule has 1 aliphatic rings. The fourth-order valence-electron chi connectivity index (χ4n) is 3.31. The molecule has 0 spiro atoms. The van der Waals surface area contributed by atoms with Crippen LogP contribution in [0.15, 0.2) is 18.2 Å². The van der Waals surface area contributed by atoms with E-state index in [2.05, 4.69) is 27.8 Å². The van der Waals surface area contributed by atoms with Crippen LogP contribution in [-0.2, 0) is 0 Å². The minimum absolute atomic E-state index is 0.0627. The maximum atomic E-state index is 12.3. The molecule has 0 bridgehead atoms. The van der Waals surface area contributed by atoms with Gasteiger partial charge in [-0.25, -0.2) is 4.79 Å². The summed E-state index contributed by atoms with van der Waals surface area (Å²) in [6, 6.07) is 5.10. The third-order valence-corrected chi connectivity index (χ3v) is 4.63. The van der Waals surface area contributed by atoms with Gasteiger partial charge in [-0.3, -0.25) is 4.79 Å². The molecule has 1 heterocycles.